The minimum atomic E-state index is 0.339. The van der Waals surface area contributed by atoms with Gasteiger partial charge >= 0.3 is 0 Å². The molecule has 0 spiro atoms. The molecule has 1 aromatic heterocycles. The number of halogens is 1. The summed E-state index contributed by atoms with van der Waals surface area (Å²) in [6.45, 7) is 8.54. The van der Waals surface area contributed by atoms with Gasteiger partial charge in [-0.25, -0.2) is 0 Å². The van der Waals surface area contributed by atoms with Crippen LogP contribution in [0.3, 0.4) is 0 Å². The molecule has 0 N–H and O–H groups in total. The van der Waals surface area contributed by atoms with E-state index in [0.29, 0.717) is 4.83 Å². The van der Waals surface area contributed by atoms with E-state index in [1.165, 1.54) is 26.1 Å². The minimum Gasteiger partial charge on any atom is -0.135 e. The van der Waals surface area contributed by atoms with Crippen LogP contribution >= 0.6 is 27.3 Å². The monoisotopic (exact) mass is 294 g/mol. The summed E-state index contributed by atoms with van der Waals surface area (Å²) in [6.07, 6.45) is 1.07. The van der Waals surface area contributed by atoms with E-state index in [4.69, 9.17) is 0 Å². The van der Waals surface area contributed by atoms with Crippen molar-refractivity contribution >= 4 is 42.9 Å². The van der Waals surface area contributed by atoms with Crippen LogP contribution < -0.4 is 0 Å². The maximum atomic E-state index is 4.19. The predicted octanol–water partition coefficient (Wildman–Crippen LogP) is 5.26. The molecule has 0 aliphatic heterocycles. The van der Waals surface area contributed by atoms with Crippen molar-refractivity contribution < 1.29 is 0 Å². The zero-order chi connectivity index (χ0) is 11.7. The summed E-state index contributed by atoms with van der Waals surface area (Å²) in [5.41, 5.74) is 2.63. The molecule has 1 heterocycles. The molecule has 1 unspecified atom stereocenters. The highest BCUT2D eigenvalue weighted by atomic mass is 79.9. The number of rotatable bonds is 3. The maximum Gasteiger partial charge on any atom is 0.0375 e. The molecule has 0 aliphatic rings. The first kappa shape index (κ1) is 11.9. The molecule has 0 saturated heterocycles. The van der Waals surface area contributed by atoms with Crippen LogP contribution in [0.2, 0.25) is 0 Å². The Morgan fingerprint density at radius 3 is 2.75 bits per heavy atom. The molecule has 1 atom stereocenters. The molecular formula is C14H15BrS. The molecule has 2 aromatic rings. The molecule has 2 heteroatoms. The summed E-state index contributed by atoms with van der Waals surface area (Å²) < 4.78 is 1.36. The maximum absolute atomic E-state index is 4.19. The molecule has 2 rings (SSSR count). The van der Waals surface area contributed by atoms with E-state index < -0.39 is 0 Å². The lowest BCUT2D eigenvalue weighted by molar-refractivity contribution is 1.15. The molecule has 0 radical (unpaired) electrons. The van der Waals surface area contributed by atoms with Crippen molar-refractivity contribution in [3.8, 4) is 0 Å². The van der Waals surface area contributed by atoms with Crippen LogP contribution in [0.5, 0.6) is 0 Å². The van der Waals surface area contributed by atoms with Crippen LogP contribution in [-0.2, 0) is 6.42 Å². The van der Waals surface area contributed by atoms with Crippen LogP contribution in [0.15, 0.2) is 30.8 Å². The smallest absolute Gasteiger partial charge is 0.0375 e. The lowest BCUT2D eigenvalue weighted by atomic mass is 10.0. The highest BCUT2D eigenvalue weighted by molar-refractivity contribution is 9.09. The lowest BCUT2D eigenvalue weighted by Gasteiger charge is -2.07. The van der Waals surface area contributed by atoms with Crippen molar-refractivity contribution in [2.45, 2.75) is 25.1 Å². The van der Waals surface area contributed by atoms with Gasteiger partial charge in [-0.1, -0.05) is 47.6 Å². The second kappa shape index (κ2) is 4.72. The van der Waals surface area contributed by atoms with E-state index >= 15 is 0 Å². The van der Waals surface area contributed by atoms with Gasteiger partial charge in [0.15, 0.2) is 0 Å². The Bertz CT molecular complexity index is 523. The number of fused-ring (bicyclic) bond motifs is 1. The standard InChI is InChI=1S/C14H15BrS/c1-4-11-12-7-5-6-8-13(12)16-14(11)9(2)10(3)15/h5-8,10H,2,4H2,1,3H3. The topological polar surface area (TPSA) is 0 Å². The first-order valence-corrected chi connectivity index (χ1v) is 7.22. The third kappa shape index (κ3) is 1.96. The van der Waals surface area contributed by atoms with Crippen LogP contribution in [0.1, 0.15) is 24.3 Å². The number of hydrogen-bond donors (Lipinski definition) is 0. The fraction of sp³-hybridized carbons (Fsp3) is 0.286. The van der Waals surface area contributed by atoms with Gasteiger partial charge in [0.05, 0.1) is 0 Å². The highest BCUT2D eigenvalue weighted by Crippen LogP contribution is 2.37. The van der Waals surface area contributed by atoms with E-state index in [2.05, 4.69) is 60.6 Å². The zero-order valence-corrected chi connectivity index (χ0v) is 12.0. The minimum absolute atomic E-state index is 0.339. The quantitative estimate of drug-likeness (QED) is 0.677. The Labute approximate surface area is 109 Å². The van der Waals surface area contributed by atoms with Crippen LogP contribution in [-0.4, -0.2) is 4.83 Å². The van der Waals surface area contributed by atoms with Crippen molar-refractivity contribution in [2.75, 3.05) is 0 Å². The van der Waals surface area contributed by atoms with E-state index in [9.17, 15) is 0 Å². The van der Waals surface area contributed by atoms with Crippen molar-refractivity contribution in [1.82, 2.24) is 0 Å². The molecule has 0 fully saturated rings. The summed E-state index contributed by atoms with van der Waals surface area (Å²) in [6, 6.07) is 8.61. The van der Waals surface area contributed by atoms with Crippen LogP contribution in [0.4, 0.5) is 0 Å². The van der Waals surface area contributed by atoms with E-state index in [-0.39, 0.29) is 0 Å². The van der Waals surface area contributed by atoms with Gasteiger partial charge in [0.1, 0.15) is 0 Å². The lowest BCUT2D eigenvalue weighted by Crippen LogP contribution is -1.94. The average molecular weight is 295 g/mol. The summed E-state index contributed by atoms with van der Waals surface area (Å²) in [7, 11) is 0. The normalized spacial score (nSPS) is 12.9. The highest BCUT2D eigenvalue weighted by Gasteiger charge is 2.15. The van der Waals surface area contributed by atoms with Crippen LogP contribution in [0, 0.1) is 0 Å². The first-order valence-electron chi connectivity index (χ1n) is 5.48. The fourth-order valence-corrected chi connectivity index (χ4v) is 3.62. The van der Waals surface area contributed by atoms with Gasteiger partial charge in [-0.2, -0.15) is 0 Å². The number of alkyl halides is 1. The van der Waals surface area contributed by atoms with Crippen molar-refractivity contribution in [1.29, 1.82) is 0 Å². The SMILES string of the molecule is C=C(c1sc2ccccc2c1CC)C(C)Br. The summed E-state index contributed by atoms with van der Waals surface area (Å²) >= 11 is 5.46. The van der Waals surface area contributed by atoms with Gasteiger partial charge in [-0.3, -0.25) is 0 Å². The molecule has 84 valence electrons. The summed E-state index contributed by atoms with van der Waals surface area (Å²) in [5, 5.41) is 1.39. The Balaban J connectivity index is 2.65. The van der Waals surface area contributed by atoms with E-state index in [1.54, 1.807) is 0 Å². The molecule has 1 aromatic carbocycles. The van der Waals surface area contributed by atoms with E-state index in [1.807, 2.05) is 11.3 Å². The van der Waals surface area contributed by atoms with E-state index in [0.717, 1.165) is 6.42 Å². The van der Waals surface area contributed by atoms with Gasteiger partial charge in [0.25, 0.3) is 0 Å². The second-order valence-electron chi connectivity index (χ2n) is 3.90. The van der Waals surface area contributed by atoms with Gasteiger partial charge < -0.3 is 0 Å². The summed E-state index contributed by atoms with van der Waals surface area (Å²) in [5.74, 6) is 0. The van der Waals surface area contributed by atoms with Crippen LogP contribution in [0.25, 0.3) is 15.7 Å². The van der Waals surface area contributed by atoms with Crippen molar-refractivity contribution in [3.63, 3.8) is 0 Å². The molecule has 0 aliphatic carbocycles. The third-order valence-corrected chi connectivity index (χ3v) is 4.66. The Kier molecular flexibility index (Phi) is 3.50. The second-order valence-corrected chi connectivity index (χ2v) is 6.33. The molecule has 0 saturated carbocycles. The largest absolute Gasteiger partial charge is 0.135 e. The third-order valence-electron chi connectivity index (χ3n) is 2.82. The number of benzene rings is 1. The summed E-state index contributed by atoms with van der Waals surface area (Å²) in [4.78, 5) is 1.69. The number of hydrogen-bond acceptors (Lipinski definition) is 1. The molecule has 0 amide bonds. The number of allylic oxidation sites excluding steroid dienone is 1. The molecular weight excluding hydrogens is 280 g/mol. The number of thiophene rings is 1. The zero-order valence-electron chi connectivity index (χ0n) is 9.59. The van der Waals surface area contributed by atoms with Gasteiger partial charge in [0, 0.05) is 14.4 Å². The Morgan fingerprint density at radius 1 is 1.44 bits per heavy atom. The Hall–Kier alpha value is -0.600. The molecule has 0 nitrogen and oxygen atoms in total. The molecule has 16 heavy (non-hydrogen) atoms. The van der Waals surface area contributed by atoms with Crippen molar-refractivity contribution in [2.24, 2.45) is 0 Å². The number of aryl methyl sites for hydroxylation is 1. The molecule has 0 bridgehead atoms. The predicted molar refractivity (Wildman–Crippen MR) is 78.6 cm³/mol. The van der Waals surface area contributed by atoms with Gasteiger partial charge in [-0.15, -0.1) is 11.3 Å². The average Bonchev–Trinajstić information content (AvgIpc) is 2.65. The van der Waals surface area contributed by atoms with Gasteiger partial charge in [0.2, 0.25) is 0 Å². The fourth-order valence-electron chi connectivity index (χ4n) is 1.89. The Morgan fingerprint density at radius 2 is 2.12 bits per heavy atom. The first-order chi connectivity index (χ1) is 7.65. The van der Waals surface area contributed by atoms with Crippen molar-refractivity contribution in [3.05, 3.63) is 41.3 Å². The van der Waals surface area contributed by atoms with Gasteiger partial charge in [-0.05, 0) is 35.9 Å².